The molecule has 4 rings (SSSR count). The summed E-state index contributed by atoms with van der Waals surface area (Å²) >= 11 is 0. The molecule has 152 valence electrons. The predicted octanol–water partition coefficient (Wildman–Crippen LogP) is 2.92. The van der Waals surface area contributed by atoms with E-state index in [0.717, 1.165) is 30.1 Å². The summed E-state index contributed by atoms with van der Waals surface area (Å²) in [6.45, 7) is 9.51. The molecule has 2 aromatic heterocycles. The third kappa shape index (κ3) is 3.93. The van der Waals surface area contributed by atoms with Crippen LogP contribution in [0.25, 0.3) is 5.65 Å². The number of nitrogens with zero attached hydrogens (tertiary/aromatic N) is 4. The molecule has 0 bridgehead atoms. The normalized spacial score (nSPS) is 19.6. The zero-order chi connectivity index (χ0) is 20.7. The van der Waals surface area contributed by atoms with Crippen LogP contribution in [0.5, 0.6) is 0 Å². The van der Waals surface area contributed by atoms with Crippen LogP contribution < -0.4 is 15.5 Å². The Morgan fingerprint density at radius 3 is 2.59 bits per heavy atom. The van der Waals surface area contributed by atoms with Crippen LogP contribution >= 0.6 is 0 Å². The fourth-order valence-corrected chi connectivity index (χ4v) is 3.94. The number of hydrogen-bond donors (Lipinski definition) is 2. The Labute approximate surface area is 169 Å². The molecular formula is C21H25FN6O. The molecule has 2 N–H and O–H groups in total. The molecule has 0 radical (unpaired) electrons. The van der Waals surface area contributed by atoms with E-state index in [2.05, 4.69) is 39.3 Å². The molecule has 7 nitrogen and oxygen atoms in total. The molecule has 0 aliphatic carbocycles. The van der Waals surface area contributed by atoms with E-state index < -0.39 is 11.7 Å². The van der Waals surface area contributed by atoms with Crippen molar-refractivity contribution in [2.75, 3.05) is 23.3 Å². The molecule has 8 heteroatoms. The SMILES string of the molecule is Cc1cn2cc(NC(=O)c3ccc(N4C[C@@H](C)N[C@@H](C)C4)cc3F)nc(C)c2n1. The average molecular weight is 396 g/mol. The lowest BCUT2D eigenvalue weighted by molar-refractivity contribution is 0.102. The highest BCUT2D eigenvalue weighted by atomic mass is 19.1. The van der Waals surface area contributed by atoms with Gasteiger partial charge in [0.15, 0.2) is 5.65 Å². The van der Waals surface area contributed by atoms with Crippen LogP contribution in [0.15, 0.2) is 30.6 Å². The van der Waals surface area contributed by atoms with Crippen LogP contribution in [0, 0.1) is 19.7 Å². The molecule has 0 unspecified atom stereocenters. The van der Waals surface area contributed by atoms with Crippen molar-refractivity contribution < 1.29 is 9.18 Å². The highest BCUT2D eigenvalue weighted by Crippen LogP contribution is 2.22. The average Bonchev–Trinajstić information content (AvgIpc) is 3.01. The van der Waals surface area contributed by atoms with Crippen molar-refractivity contribution in [3.05, 3.63) is 53.4 Å². The first kappa shape index (κ1) is 19.3. The van der Waals surface area contributed by atoms with Gasteiger partial charge in [0.25, 0.3) is 5.91 Å². The second-order valence-electron chi connectivity index (χ2n) is 7.82. The van der Waals surface area contributed by atoms with Crippen LogP contribution in [0.2, 0.25) is 0 Å². The molecule has 1 fully saturated rings. The number of halogens is 1. The Balaban J connectivity index is 1.55. The third-order valence-corrected chi connectivity index (χ3v) is 5.09. The van der Waals surface area contributed by atoms with Gasteiger partial charge in [-0.25, -0.2) is 14.4 Å². The number of anilines is 2. The Morgan fingerprint density at radius 2 is 1.90 bits per heavy atom. The van der Waals surface area contributed by atoms with E-state index in [1.807, 2.05) is 20.0 Å². The Hall–Kier alpha value is -3.00. The Morgan fingerprint density at radius 1 is 1.17 bits per heavy atom. The van der Waals surface area contributed by atoms with Gasteiger partial charge in [-0.15, -0.1) is 0 Å². The van der Waals surface area contributed by atoms with Gasteiger partial charge in [-0.1, -0.05) is 0 Å². The van der Waals surface area contributed by atoms with Gasteiger partial charge in [0.1, 0.15) is 11.6 Å². The largest absolute Gasteiger partial charge is 0.368 e. The maximum Gasteiger partial charge on any atom is 0.259 e. The number of benzene rings is 1. The number of carbonyl (C=O) groups is 1. The summed E-state index contributed by atoms with van der Waals surface area (Å²) in [7, 11) is 0. The highest BCUT2D eigenvalue weighted by Gasteiger charge is 2.22. The monoisotopic (exact) mass is 396 g/mol. The van der Waals surface area contributed by atoms with Crippen molar-refractivity contribution in [3.63, 3.8) is 0 Å². The van der Waals surface area contributed by atoms with Gasteiger partial charge in [-0.05, 0) is 45.9 Å². The second-order valence-corrected chi connectivity index (χ2v) is 7.82. The first-order valence-electron chi connectivity index (χ1n) is 9.75. The summed E-state index contributed by atoms with van der Waals surface area (Å²) < 4.78 is 16.6. The zero-order valence-corrected chi connectivity index (χ0v) is 17.0. The molecule has 3 heterocycles. The van der Waals surface area contributed by atoms with Gasteiger partial charge in [0.05, 0.1) is 23.1 Å². The summed E-state index contributed by atoms with van der Waals surface area (Å²) in [5.74, 6) is -0.722. The van der Waals surface area contributed by atoms with Gasteiger partial charge in [-0.2, -0.15) is 0 Å². The first-order chi connectivity index (χ1) is 13.8. The zero-order valence-electron chi connectivity index (χ0n) is 17.0. The van der Waals surface area contributed by atoms with Crippen LogP contribution in [-0.2, 0) is 0 Å². The van der Waals surface area contributed by atoms with Crippen LogP contribution in [0.3, 0.4) is 0 Å². The highest BCUT2D eigenvalue weighted by molar-refractivity contribution is 6.04. The van der Waals surface area contributed by atoms with Gasteiger partial charge in [0.2, 0.25) is 0 Å². The van der Waals surface area contributed by atoms with Crippen molar-refractivity contribution in [2.45, 2.75) is 39.8 Å². The number of aryl methyl sites for hydroxylation is 2. The molecule has 1 saturated heterocycles. The maximum absolute atomic E-state index is 14.7. The summed E-state index contributed by atoms with van der Waals surface area (Å²) in [5, 5.41) is 6.15. The lowest BCUT2D eigenvalue weighted by Gasteiger charge is -2.37. The van der Waals surface area contributed by atoms with E-state index in [9.17, 15) is 9.18 Å². The molecule has 0 saturated carbocycles. The van der Waals surface area contributed by atoms with E-state index in [1.165, 1.54) is 12.1 Å². The molecule has 0 spiro atoms. The minimum absolute atomic E-state index is 0.00802. The number of carbonyl (C=O) groups excluding carboxylic acids is 1. The number of nitrogens with one attached hydrogen (secondary N) is 2. The van der Waals surface area contributed by atoms with Crippen LogP contribution in [0.4, 0.5) is 15.9 Å². The molecule has 1 aromatic carbocycles. The lowest BCUT2D eigenvalue weighted by atomic mass is 10.1. The van der Waals surface area contributed by atoms with Crippen LogP contribution in [-0.4, -0.2) is 45.4 Å². The number of amides is 1. The van der Waals surface area contributed by atoms with Crippen molar-refractivity contribution in [1.82, 2.24) is 19.7 Å². The van der Waals surface area contributed by atoms with E-state index in [4.69, 9.17) is 0 Å². The molecule has 29 heavy (non-hydrogen) atoms. The van der Waals surface area contributed by atoms with Gasteiger partial charge < -0.3 is 19.9 Å². The van der Waals surface area contributed by atoms with Crippen LogP contribution in [0.1, 0.15) is 35.6 Å². The first-order valence-corrected chi connectivity index (χ1v) is 9.75. The minimum Gasteiger partial charge on any atom is -0.368 e. The van der Waals surface area contributed by atoms with Gasteiger partial charge in [-0.3, -0.25) is 4.79 Å². The van der Waals surface area contributed by atoms with E-state index in [0.29, 0.717) is 23.6 Å². The maximum atomic E-state index is 14.7. The summed E-state index contributed by atoms with van der Waals surface area (Å²) in [6, 6.07) is 5.40. The van der Waals surface area contributed by atoms with Gasteiger partial charge in [0, 0.05) is 37.1 Å². The number of piperazine rings is 1. The minimum atomic E-state index is -0.546. The number of hydrogen-bond acceptors (Lipinski definition) is 5. The number of imidazole rings is 1. The van der Waals surface area contributed by atoms with E-state index in [-0.39, 0.29) is 5.56 Å². The van der Waals surface area contributed by atoms with Crippen molar-refractivity contribution in [3.8, 4) is 0 Å². The van der Waals surface area contributed by atoms with E-state index >= 15 is 0 Å². The number of aromatic nitrogens is 3. The molecule has 1 aliphatic heterocycles. The molecule has 1 aliphatic rings. The molecule has 3 aromatic rings. The second kappa shape index (κ2) is 7.44. The number of rotatable bonds is 3. The summed E-state index contributed by atoms with van der Waals surface area (Å²) in [4.78, 5) is 23.5. The topological polar surface area (TPSA) is 74.6 Å². The summed E-state index contributed by atoms with van der Waals surface area (Å²) in [5.41, 5.74) is 3.05. The van der Waals surface area contributed by atoms with Crippen molar-refractivity contribution >= 4 is 23.1 Å². The molecular weight excluding hydrogens is 371 g/mol. The van der Waals surface area contributed by atoms with Crippen molar-refractivity contribution in [2.24, 2.45) is 0 Å². The van der Waals surface area contributed by atoms with E-state index in [1.54, 1.807) is 16.7 Å². The predicted molar refractivity (Wildman–Crippen MR) is 111 cm³/mol. The fraction of sp³-hybridized carbons (Fsp3) is 0.381. The molecule has 2 atom stereocenters. The molecule has 1 amide bonds. The lowest BCUT2D eigenvalue weighted by Crippen LogP contribution is -2.54. The standard InChI is InChI=1S/C21H25FN6O/c1-12-8-27(9-13(2)23-12)16-5-6-17(18(22)7-16)21(29)26-19-11-28-10-14(3)24-20(28)15(4)25-19/h5-7,10-13,23H,8-9H2,1-4H3,(H,26,29)/t12-,13+. The quantitative estimate of drug-likeness (QED) is 0.712. The fourth-order valence-electron chi connectivity index (χ4n) is 3.94. The summed E-state index contributed by atoms with van der Waals surface area (Å²) in [6.07, 6.45) is 3.53. The third-order valence-electron chi connectivity index (χ3n) is 5.09. The Kier molecular flexibility index (Phi) is 4.96. The smallest absolute Gasteiger partial charge is 0.259 e. The number of fused-ring (bicyclic) bond motifs is 1. The van der Waals surface area contributed by atoms with Crippen molar-refractivity contribution in [1.29, 1.82) is 0 Å². The Bertz CT molecular complexity index is 1070. The van der Waals surface area contributed by atoms with Gasteiger partial charge >= 0.3 is 0 Å².